The van der Waals surface area contributed by atoms with Crippen molar-refractivity contribution in [2.45, 2.75) is 32.0 Å². The number of hydrogen-bond donors (Lipinski definition) is 0. The fraction of sp³-hybridized carbons (Fsp3) is 0.312. The predicted molar refractivity (Wildman–Crippen MR) is 72.4 cm³/mol. The zero-order valence-corrected chi connectivity index (χ0v) is 11.3. The van der Waals surface area contributed by atoms with E-state index in [2.05, 4.69) is 12.1 Å². The van der Waals surface area contributed by atoms with E-state index in [4.69, 9.17) is 0 Å². The Kier molecular flexibility index (Phi) is 3.35. The molecule has 0 saturated heterocycles. The largest absolute Gasteiger partial charge is 0.454 e. The smallest absolute Gasteiger partial charge is 0.349 e. The highest BCUT2D eigenvalue weighted by atomic mass is 19.4. The Bertz CT molecular complexity index is 685. The third-order valence-electron chi connectivity index (χ3n) is 3.80. The maximum Gasteiger partial charge on any atom is 0.454 e. The van der Waals surface area contributed by atoms with Gasteiger partial charge >= 0.3 is 6.18 Å². The summed E-state index contributed by atoms with van der Waals surface area (Å²) in [5.41, 5.74) is 3.41. The second-order valence-electron chi connectivity index (χ2n) is 5.36. The molecule has 1 aliphatic rings. The minimum Gasteiger partial charge on any atom is -0.349 e. The maximum atomic E-state index is 12.4. The quantitative estimate of drug-likeness (QED) is 0.790. The van der Waals surface area contributed by atoms with Crippen molar-refractivity contribution in [1.29, 1.82) is 0 Å². The third kappa shape index (κ3) is 2.86. The maximum absolute atomic E-state index is 12.4. The van der Waals surface area contributed by atoms with E-state index in [1.807, 2.05) is 6.07 Å². The second-order valence-corrected chi connectivity index (χ2v) is 5.36. The van der Waals surface area contributed by atoms with Crippen LogP contribution in [-0.4, -0.2) is 16.5 Å². The summed E-state index contributed by atoms with van der Waals surface area (Å²) in [6.07, 6.45) is 1.26. The molecule has 0 fully saturated rings. The number of carbonyl (C=O) groups excluding carboxylic acids is 1. The molecule has 0 radical (unpaired) electrons. The van der Waals surface area contributed by atoms with Gasteiger partial charge in [-0.3, -0.25) is 4.79 Å². The second kappa shape index (κ2) is 5.06. The van der Waals surface area contributed by atoms with Crippen molar-refractivity contribution in [2.24, 2.45) is 0 Å². The van der Waals surface area contributed by atoms with E-state index in [0.717, 1.165) is 24.8 Å². The van der Waals surface area contributed by atoms with Crippen LogP contribution in [0, 0.1) is 0 Å². The lowest BCUT2D eigenvalue weighted by atomic mass is 10.1. The molecule has 0 N–H and O–H groups in total. The van der Waals surface area contributed by atoms with Gasteiger partial charge in [0.05, 0.1) is 0 Å². The lowest BCUT2D eigenvalue weighted by Gasteiger charge is -2.06. The molecule has 0 saturated carbocycles. The lowest BCUT2D eigenvalue weighted by Crippen LogP contribution is -2.22. The summed E-state index contributed by atoms with van der Waals surface area (Å²) in [5, 5.41) is 0. The fourth-order valence-corrected chi connectivity index (χ4v) is 2.77. The number of carbonyl (C=O) groups is 1. The number of halogens is 3. The van der Waals surface area contributed by atoms with Gasteiger partial charge in [-0.15, -0.1) is 0 Å². The number of hydrogen-bond acceptors (Lipinski definition) is 1. The van der Waals surface area contributed by atoms with Gasteiger partial charge in [-0.25, -0.2) is 0 Å². The van der Waals surface area contributed by atoms with Crippen LogP contribution >= 0.6 is 0 Å². The van der Waals surface area contributed by atoms with E-state index in [1.165, 1.54) is 29.6 Å². The van der Waals surface area contributed by atoms with Crippen molar-refractivity contribution in [3.63, 3.8) is 0 Å². The molecule has 0 aliphatic heterocycles. The highest BCUT2D eigenvalue weighted by Gasteiger charge is 2.39. The standard InChI is InChI=1S/C16H14F3NO/c17-16(18,19)15(21)14-6-7-20(10-14)9-11-4-5-12-2-1-3-13(12)8-11/h4-8,10H,1-3,9H2. The average Bonchev–Trinajstić information content (AvgIpc) is 3.05. The molecule has 5 heteroatoms. The van der Waals surface area contributed by atoms with Crippen molar-refractivity contribution in [3.05, 3.63) is 58.9 Å². The lowest BCUT2D eigenvalue weighted by molar-refractivity contribution is -0.0885. The summed E-state index contributed by atoms with van der Waals surface area (Å²) >= 11 is 0. The zero-order chi connectivity index (χ0) is 15.0. The Labute approximate surface area is 120 Å². The van der Waals surface area contributed by atoms with Crippen LogP contribution in [-0.2, 0) is 19.4 Å². The number of alkyl halides is 3. The molecule has 0 bridgehead atoms. The van der Waals surface area contributed by atoms with Crippen molar-refractivity contribution in [1.82, 2.24) is 4.57 Å². The van der Waals surface area contributed by atoms with E-state index in [-0.39, 0.29) is 5.56 Å². The number of fused-ring (bicyclic) bond motifs is 1. The molecular weight excluding hydrogens is 279 g/mol. The number of benzene rings is 1. The van der Waals surface area contributed by atoms with Gasteiger partial charge < -0.3 is 4.57 Å². The molecule has 2 aromatic rings. The molecule has 1 aromatic carbocycles. The molecular formula is C16H14F3NO. The van der Waals surface area contributed by atoms with E-state index in [0.29, 0.717) is 6.54 Å². The molecule has 0 amide bonds. The van der Waals surface area contributed by atoms with Crippen LogP contribution in [0.4, 0.5) is 13.2 Å². The SMILES string of the molecule is O=C(c1ccn(Cc2ccc3c(c2)CCC3)c1)C(F)(F)F. The summed E-state index contributed by atoms with van der Waals surface area (Å²) in [6, 6.07) is 7.40. The van der Waals surface area contributed by atoms with Gasteiger partial charge in [-0.2, -0.15) is 13.2 Å². The first-order valence-corrected chi connectivity index (χ1v) is 6.81. The summed E-state index contributed by atoms with van der Waals surface area (Å²) in [4.78, 5) is 11.1. The van der Waals surface area contributed by atoms with Gasteiger partial charge in [-0.1, -0.05) is 18.2 Å². The van der Waals surface area contributed by atoms with Crippen LogP contribution in [0.3, 0.4) is 0 Å². The average molecular weight is 293 g/mol. The minimum absolute atomic E-state index is 0.316. The van der Waals surface area contributed by atoms with Crippen LogP contribution < -0.4 is 0 Å². The summed E-state index contributed by atoms with van der Waals surface area (Å²) in [5.74, 6) is -1.80. The van der Waals surface area contributed by atoms with Gasteiger partial charge in [0.15, 0.2) is 0 Å². The van der Waals surface area contributed by atoms with Crippen molar-refractivity contribution in [2.75, 3.05) is 0 Å². The van der Waals surface area contributed by atoms with Gasteiger partial charge in [0, 0.05) is 24.5 Å². The third-order valence-corrected chi connectivity index (χ3v) is 3.80. The Balaban J connectivity index is 1.77. The van der Waals surface area contributed by atoms with Crippen LogP contribution in [0.25, 0.3) is 0 Å². The Morgan fingerprint density at radius 2 is 1.90 bits per heavy atom. The highest BCUT2D eigenvalue weighted by Crippen LogP contribution is 2.24. The van der Waals surface area contributed by atoms with E-state index in [9.17, 15) is 18.0 Å². The first kappa shape index (κ1) is 13.9. The molecule has 0 spiro atoms. The minimum atomic E-state index is -4.82. The molecule has 3 rings (SSSR count). The van der Waals surface area contributed by atoms with Gasteiger partial charge in [0.2, 0.25) is 0 Å². The molecule has 2 nitrogen and oxygen atoms in total. The van der Waals surface area contributed by atoms with Crippen LogP contribution in [0.5, 0.6) is 0 Å². The molecule has 1 aromatic heterocycles. The van der Waals surface area contributed by atoms with Gasteiger partial charge in [-0.05, 0) is 42.0 Å². The fourth-order valence-electron chi connectivity index (χ4n) is 2.77. The molecule has 1 heterocycles. The van der Waals surface area contributed by atoms with E-state index < -0.39 is 12.0 Å². The normalized spacial score (nSPS) is 14.2. The number of aryl methyl sites for hydroxylation is 2. The topological polar surface area (TPSA) is 22.0 Å². The number of Topliss-reactive ketones (excluding diaryl/α,β-unsaturated/α-hetero) is 1. The number of rotatable bonds is 3. The van der Waals surface area contributed by atoms with Crippen molar-refractivity contribution < 1.29 is 18.0 Å². The molecule has 0 atom stereocenters. The summed E-state index contributed by atoms with van der Waals surface area (Å²) < 4.78 is 38.7. The molecule has 21 heavy (non-hydrogen) atoms. The first-order chi connectivity index (χ1) is 9.93. The molecule has 0 unspecified atom stereocenters. The highest BCUT2D eigenvalue weighted by molar-refractivity contribution is 6.00. The first-order valence-electron chi connectivity index (χ1n) is 6.81. The monoisotopic (exact) mass is 293 g/mol. The van der Waals surface area contributed by atoms with E-state index in [1.54, 1.807) is 4.57 Å². The van der Waals surface area contributed by atoms with Crippen molar-refractivity contribution in [3.8, 4) is 0 Å². The van der Waals surface area contributed by atoms with Crippen LogP contribution in [0.15, 0.2) is 36.7 Å². The molecule has 110 valence electrons. The Morgan fingerprint density at radius 3 is 2.67 bits per heavy atom. The Hall–Kier alpha value is -2.04. The van der Waals surface area contributed by atoms with Crippen molar-refractivity contribution >= 4 is 5.78 Å². The van der Waals surface area contributed by atoms with E-state index >= 15 is 0 Å². The molecule has 1 aliphatic carbocycles. The number of nitrogens with zero attached hydrogens (tertiary/aromatic N) is 1. The summed E-state index contributed by atoms with van der Waals surface area (Å²) in [7, 11) is 0. The predicted octanol–water partition coefficient (Wildman–Crippen LogP) is 3.77. The number of ketones is 1. The number of aromatic nitrogens is 1. The van der Waals surface area contributed by atoms with Gasteiger partial charge in [0.25, 0.3) is 5.78 Å². The summed E-state index contributed by atoms with van der Waals surface area (Å²) in [6.45, 7) is 0.471. The zero-order valence-electron chi connectivity index (χ0n) is 11.3. The van der Waals surface area contributed by atoms with Crippen LogP contribution in [0.2, 0.25) is 0 Å². The van der Waals surface area contributed by atoms with Gasteiger partial charge in [0.1, 0.15) is 0 Å². The Morgan fingerprint density at radius 1 is 1.14 bits per heavy atom. The van der Waals surface area contributed by atoms with Crippen LogP contribution in [0.1, 0.15) is 33.5 Å².